The Morgan fingerprint density at radius 1 is 1.33 bits per heavy atom. The molecule has 2 amide bonds. The average molecular weight is 346 g/mol. The smallest absolute Gasteiger partial charge is 0.251 e. The van der Waals surface area contributed by atoms with Crippen LogP contribution in [-0.2, 0) is 16.0 Å². The lowest BCUT2D eigenvalue weighted by molar-refractivity contribution is -0.115. The van der Waals surface area contributed by atoms with E-state index in [0.717, 1.165) is 55.9 Å². The van der Waals surface area contributed by atoms with Crippen molar-refractivity contribution in [3.63, 3.8) is 0 Å². The Hall–Kier alpha value is -1.53. The molecule has 6 heteroatoms. The number of anilines is 1. The number of amides is 2. The number of hydrogen-bond acceptors (Lipinski definition) is 4. The van der Waals surface area contributed by atoms with Gasteiger partial charge in [0.15, 0.2) is 0 Å². The number of carbonyl (C=O) groups excluding carboxylic acids is 2. The summed E-state index contributed by atoms with van der Waals surface area (Å²) in [7, 11) is 0. The lowest BCUT2D eigenvalue weighted by atomic mass is 9.89. The van der Waals surface area contributed by atoms with Gasteiger partial charge in [0, 0.05) is 35.3 Å². The van der Waals surface area contributed by atoms with Crippen molar-refractivity contribution in [1.29, 1.82) is 0 Å². The Balaban J connectivity index is 1.47. The van der Waals surface area contributed by atoms with Gasteiger partial charge < -0.3 is 15.4 Å². The van der Waals surface area contributed by atoms with E-state index in [1.165, 1.54) is 0 Å². The highest BCUT2D eigenvalue weighted by Crippen LogP contribution is 2.43. The molecule has 0 aromatic heterocycles. The molecule has 0 radical (unpaired) electrons. The predicted octanol–water partition coefficient (Wildman–Crippen LogP) is 2.36. The molecule has 4 rings (SSSR count). The second-order valence-corrected chi connectivity index (χ2v) is 8.43. The van der Waals surface area contributed by atoms with E-state index in [9.17, 15) is 9.59 Å². The van der Waals surface area contributed by atoms with Crippen LogP contribution in [0, 0.1) is 0 Å². The average Bonchev–Trinajstić information content (AvgIpc) is 2.95. The highest BCUT2D eigenvalue weighted by molar-refractivity contribution is 8.00. The standard InChI is InChI=1S/C18H22N2O3S/c21-16-10-14-13(2-1-3-15(14)20-16)17(22)19-12-4-9-24-18(11-12)5-7-23-8-6-18/h1-3,12H,4-11H2,(H,19,22)(H,20,21)/t12-/m0/s1. The SMILES string of the molecule is O=C1Cc2c(cccc2C(=O)N[C@H]2CCSC3(CCOCC3)C2)N1. The fourth-order valence-electron chi connectivity index (χ4n) is 3.97. The number of ether oxygens (including phenoxy) is 1. The molecule has 1 aromatic rings. The van der Waals surface area contributed by atoms with Gasteiger partial charge in [0.2, 0.25) is 5.91 Å². The van der Waals surface area contributed by atoms with Crippen LogP contribution < -0.4 is 10.6 Å². The Morgan fingerprint density at radius 2 is 2.17 bits per heavy atom. The van der Waals surface area contributed by atoms with Gasteiger partial charge in [0.05, 0.1) is 6.42 Å². The maximum Gasteiger partial charge on any atom is 0.251 e. The highest BCUT2D eigenvalue weighted by atomic mass is 32.2. The van der Waals surface area contributed by atoms with E-state index in [2.05, 4.69) is 10.6 Å². The summed E-state index contributed by atoms with van der Waals surface area (Å²) in [6.07, 6.45) is 4.46. The number of carbonyl (C=O) groups is 2. The van der Waals surface area contributed by atoms with Crippen LogP contribution >= 0.6 is 11.8 Å². The molecular formula is C18H22N2O3S. The Morgan fingerprint density at radius 3 is 3.00 bits per heavy atom. The van der Waals surface area contributed by atoms with Gasteiger partial charge in [-0.15, -0.1) is 0 Å². The van der Waals surface area contributed by atoms with Gasteiger partial charge in [-0.1, -0.05) is 6.07 Å². The summed E-state index contributed by atoms with van der Waals surface area (Å²) in [5.74, 6) is 0.987. The van der Waals surface area contributed by atoms with Crippen molar-refractivity contribution in [2.24, 2.45) is 0 Å². The number of fused-ring (bicyclic) bond motifs is 1. The van der Waals surface area contributed by atoms with Gasteiger partial charge in [0.1, 0.15) is 0 Å². The van der Waals surface area contributed by atoms with Crippen LogP contribution in [0.15, 0.2) is 18.2 Å². The topological polar surface area (TPSA) is 67.4 Å². The summed E-state index contributed by atoms with van der Waals surface area (Å²) in [6, 6.07) is 5.70. The molecule has 2 N–H and O–H groups in total. The molecule has 128 valence electrons. The van der Waals surface area contributed by atoms with Crippen LogP contribution in [0.25, 0.3) is 0 Å². The molecule has 3 heterocycles. The molecule has 2 saturated heterocycles. The minimum Gasteiger partial charge on any atom is -0.381 e. The molecule has 0 aliphatic carbocycles. The van der Waals surface area contributed by atoms with Crippen LogP contribution in [0.4, 0.5) is 5.69 Å². The van der Waals surface area contributed by atoms with Crippen molar-refractivity contribution >= 4 is 29.3 Å². The molecule has 1 atom stereocenters. The second-order valence-electron chi connectivity index (χ2n) is 6.86. The molecule has 3 aliphatic rings. The first kappa shape index (κ1) is 16.0. The third kappa shape index (κ3) is 3.05. The minimum absolute atomic E-state index is 0.0412. The molecule has 0 unspecified atom stereocenters. The summed E-state index contributed by atoms with van der Waals surface area (Å²) < 4.78 is 5.77. The number of benzene rings is 1. The second kappa shape index (κ2) is 6.41. The molecule has 5 nitrogen and oxygen atoms in total. The molecule has 1 aromatic carbocycles. The maximum atomic E-state index is 12.8. The van der Waals surface area contributed by atoms with Crippen LogP contribution in [0.3, 0.4) is 0 Å². The normalized spacial score (nSPS) is 25.2. The van der Waals surface area contributed by atoms with Gasteiger partial charge in [-0.3, -0.25) is 9.59 Å². The zero-order chi connectivity index (χ0) is 16.6. The van der Waals surface area contributed by atoms with Gasteiger partial charge in [0.25, 0.3) is 5.91 Å². The molecule has 0 saturated carbocycles. The van der Waals surface area contributed by atoms with E-state index in [-0.39, 0.29) is 22.6 Å². The van der Waals surface area contributed by atoms with E-state index in [0.29, 0.717) is 12.0 Å². The molecule has 0 bridgehead atoms. The van der Waals surface area contributed by atoms with Gasteiger partial charge in [-0.2, -0.15) is 11.8 Å². The van der Waals surface area contributed by atoms with Crippen molar-refractivity contribution < 1.29 is 14.3 Å². The number of rotatable bonds is 2. The first-order valence-electron chi connectivity index (χ1n) is 8.60. The molecule has 24 heavy (non-hydrogen) atoms. The summed E-state index contributed by atoms with van der Waals surface area (Å²) in [5, 5.41) is 6.03. The van der Waals surface area contributed by atoms with Gasteiger partial charge in [-0.05, 0) is 49.1 Å². The van der Waals surface area contributed by atoms with Gasteiger partial charge in [-0.25, -0.2) is 0 Å². The zero-order valence-electron chi connectivity index (χ0n) is 13.6. The van der Waals surface area contributed by atoms with Crippen LogP contribution in [0.5, 0.6) is 0 Å². The molecule has 1 spiro atoms. The summed E-state index contributed by atoms with van der Waals surface area (Å²) >= 11 is 2.05. The third-order valence-electron chi connectivity index (χ3n) is 5.26. The van der Waals surface area contributed by atoms with Crippen LogP contribution in [0.1, 0.15) is 41.6 Å². The highest BCUT2D eigenvalue weighted by Gasteiger charge is 2.39. The number of hydrogen-bond donors (Lipinski definition) is 2. The molecule has 2 fully saturated rings. The summed E-state index contributed by atoms with van der Waals surface area (Å²) in [6.45, 7) is 1.65. The van der Waals surface area contributed by atoms with E-state index in [1.54, 1.807) is 0 Å². The largest absolute Gasteiger partial charge is 0.381 e. The fourth-order valence-corrected chi connectivity index (χ4v) is 5.58. The first-order valence-corrected chi connectivity index (χ1v) is 9.58. The van der Waals surface area contributed by atoms with Crippen molar-refractivity contribution in [2.45, 2.75) is 42.9 Å². The molecular weight excluding hydrogens is 324 g/mol. The summed E-state index contributed by atoms with van der Waals surface area (Å²) in [5.41, 5.74) is 2.23. The van der Waals surface area contributed by atoms with E-state index in [4.69, 9.17) is 4.74 Å². The number of nitrogens with one attached hydrogen (secondary N) is 2. The Kier molecular flexibility index (Phi) is 4.26. The van der Waals surface area contributed by atoms with Crippen molar-refractivity contribution in [1.82, 2.24) is 5.32 Å². The van der Waals surface area contributed by atoms with Crippen molar-refractivity contribution in [2.75, 3.05) is 24.3 Å². The van der Waals surface area contributed by atoms with Crippen LogP contribution in [-0.4, -0.2) is 41.6 Å². The van der Waals surface area contributed by atoms with E-state index < -0.39 is 0 Å². The van der Waals surface area contributed by atoms with Gasteiger partial charge >= 0.3 is 0 Å². The number of thioether (sulfide) groups is 1. The minimum atomic E-state index is -0.0533. The predicted molar refractivity (Wildman–Crippen MR) is 94.5 cm³/mol. The van der Waals surface area contributed by atoms with E-state index >= 15 is 0 Å². The zero-order valence-corrected chi connectivity index (χ0v) is 14.4. The monoisotopic (exact) mass is 346 g/mol. The van der Waals surface area contributed by atoms with Crippen molar-refractivity contribution in [3.8, 4) is 0 Å². The molecule has 3 aliphatic heterocycles. The summed E-state index contributed by atoms with van der Waals surface area (Å²) in [4.78, 5) is 24.4. The van der Waals surface area contributed by atoms with E-state index in [1.807, 2.05) is 30.0 Å². The Labute approximate surface area is 145 Å². The fraction of sp³-hybridized carbons (Fsp3) is 0.556. The van der Waals surface area contributed by atoms with Crippen molar-refractivity contribution in [3.05, 3.63) is 29.3 Å². The lowest BCUT2D eigenvalue weighted by Gasteiger charge is -2.43. The Bertz CT molecular complexity index is 665. The quantitative estimate of drug-likeness (QED) is 0.863. The van der Waals surface area contributed by atoms with Crippen LogP contribution in [0.2, 0.25) is 0 Å². The first-order chi connectivity index (χ1) is 11.7. The third-order valence-corrected chi connectivity index (χ3v) is 6.89. The maximum absolute atomic E-state index is 12.8. The lowest BCUT2D eigenvalue weighted by Crippen LogP contribution is -2.47.